The summed E-state index contributed by atoms with van der Waals surface area (Å²) in [6.45, 7) is 7.32. The van der Waals surface area contributed by atoms with Gasteiger partial charge in [0.2, 0.25) is 0 Å². The summed E-state index contributed by atoms with van der Waals surface area (Å²) >= 11 is 0. The normalized spacial score (nSPS) is 14.0. The van der Waals surface area contributed by atoms with E-state index in [2.05, 4.69) is 19.1 Å². The van der Waals surface area contributed by atoms with Gasteiger partial charge in [0.25, 0.3) is 11.8 Å². The lowest BCUT2D eigenvalue weighted by Gasteiger charge is -2.25. The molecule has 6 rings (SSSR count). The van der Waals surface area contributed by atoms with Crippen LogP contribution in [-0.4, -0.2) is 46.6 Å². The van der Waals surface area contributed by atoms with Crippen molar-refractivity contribution < 1.29 is 19.1 Å². The van der Waals surface area contributed by atoms with Crippen molar-refractivity contribution in [3.63, 3.8) is 0 Å². The average molecular weight is 593 g/mol. The molecule has 2 amide bonds. The first-order valence-electron chi connectivity index (χ1n) is 14.9. The molecule has 0 N–H and O–H groups in total. The van der Waals surface area contributed by atoms with Crippen LogP contribution >= 0.6 is 0 Å². The highest BCUT2D eigenvalue weighted by atomic mass is 16.5. The predicted octanol–water partition coefficient (Wildman–Crippen LogP) is 5.12. The largest absolute Gasteiger partial charge is 0.493 e. The summed E-state index contributed by atoms with van der Waals surface area (Å²) in [6, 6.07) is 17.0. The molecule has 0 spiro atoms. The van der Waals surface area contributed by atoms with Crippen LogP contribution in [0.25, 0.3) is 11.3 Å². The Morgan fingerprint density at radius 1 is 0.773 bits per heavy atom. The number of fused-ring (bicyclic) bond motifs is 4. The molecular formula is C35H36N4O5. The molecule has 0 fully saturated rings. The Hall–Kier alpha value is -4.92. The third-order valence-electron chi connectivity index (χ3n) is 8.54. The Labute approximate surface area is 256 Å². The highest BCUT2D eigenvalue weighted by Gasteiger charge is 2.34. The van der Waals surface area contributed by atoms with Crippen LogP contribution in [0.3, 0.4) is 0 Å². The van der Waals surface area contributed by atoms with E-state index in [4.69, 9.17) is 14.5 Å². The smallest absolute Gasteiger partial charge is 0.330 e. The molecule has 9 nitrogen and oxygen atoms in total. The van der Waals surface area contributed by atoms with Gasteiger partial charge in [0, 0.05) is 31.3 Å². The summed E-state index contributed by atoms with van der Waals surface area (Å²) in [6.07, 6.45) is 1.82. The molecule has 2 aliphatic rings. The number of benzene rings is 3. The lowest BCUT2D eigenvalue weighted by molar-refractivity contribution is 0.0651. The minimum absolute atomic E-state index is 0.148. The van der Waals surface area contributed by atoms with Gasteiger partial charge in [0.1, 0.15) is 5.49 Å². The molecule has 0 saturated carbocycles. The van der Waals surface area contributed by atoms with Crippen LogP contribution in [0.1, 0.15) is 55.8 Å². The van der Waals surface area contributed by atoms with E-state index in [1.807, 2.05) is 32.0 Å². The van der Waals surface area contributed by atoms with Gasteiger partial charge in [-0.25, -0.2) is 9.79 Å². The van der Waals surface area contributed by atoms with Gasteiger partial charge >= 0.3 is 5.69 Å². The Morgan fingerprint density at radius 2 is 1.39 bits per heavy atom. The Morgan fingerprint density at radius 3 is 2.02 bits per heavy atom. The number of carbonyl (C=O) groups is 2. The summed E-state index contributed by atoms with van der Waals surface area (Å²) in [5.74, 6) is 0.723. The number of nitrogens with zero attached hydrogens (tertiary/aromatic N) is 4. The number of aryl methyl sites for hydroxylation is 4. The lowest BCUT2D eigenvalue weighted by atomic mass is 9.97. The number of imide groups is 1. The molecule has 226 valence electrons. The number of amides is 2. The zero-order chi connectivity index (χ0) is 31.1. The Kier molecular flexibility index (Phi) is 7.71. The van der Waals surface area contributed by atoms with Crippen molar-refractivity contribution in [3.05, 3.63) is 104 Å². The fraction of sp³-hybridized carbons (Fsp3) is 0.314. The first-order valence-corrected chi connectivity index (χ1v) is 14.9. The molecular weight excluding hydrogens is 556 g/mol. The summed E-state index contributed by atoms with van der Waals surface area (Å²) in [5, 5.41) is 0. The van der Waals surface area contributed by atoms with Crippen molar-refractivity contribution in [3.8, 4) is 22.8 Å². The van der Waals surface area contributed by atoms with Gasteiger partial charge in [-0.15, -0.1) is 0 Å². The molecule has 1 aromatic heterocycles. The van der Waals surface area contributed by atoms with Crippen molar-refractivity contribution in [1.82, 2.24) is 14.0 Å². The highest BCUT2D eigenvalue weighted by molar-refractivity contribution is 6.21. The average Bonchev–Trinajstić information content (AvgIpc) is 3.25. The SMILES string of the molecule is COc1cc2c(cc1OC)-c1cc(=Nc3c(C)cc(C)cc3C)n(CCCCN3C(=O)c4ccccc4C3=O)c(=O)n1CC2. The zero-order valence-electron chi connectivity index (χ0n) is 25.8. The topological polar surface area (TPSA) is 95.1 Å². The number of unbranched alkanes of at least 4 members (excludes halogenated alkanes) is 1. The van der Waals surface area contributed by atoms with E-state index in [0.29, 0.717) is 60.5 Å². The maximum Gasteiger partial charge on any atom is 0.330 e. The van der Waals surface area contributed by atoms with Crippen molar-refractivity contribution in [1.29, 1.82) is 0 Å². The van der Waals surface area contributed by atoms with Crippen molar-refractivity contribution in [2.24, 2.45) is 4.99 Å². The molecule has 4 aromatic rings. The van der Waals surface area contributed by atoms with Gasteiger partial charge < -0.3 is 9.47 Å². The fourth-order valence-corrected chi connectivity index (χ4v) is 6.41. The van der Waals surface area contributed by atoms with Crippen LogP contribution in [-0.2, 0) is 19.5 Å². The third-order valence-corrected chi connectivity index (χ3v) is 8.54. The van der Waals surface area contributed by atoms with Crippen molar-refractivity contribution in [2.75, 3.05) is 20.8 Å². The first-order chi connectivity index (χ1) is 21.2. The second-order valence-corrected chi connectivity index (χ2v) is 11.5. The van der Waals surface area contributed by atoms with Gasteiger partial charge in [-0.1, -0.05) is 29.8 Å². The van der Waals surface area contributed by atoms with Crippen LogP contribution in [0.5, 0.6) is 11.5 Å². The number of carbonyl (C=O) groups excluding carboxylic acids is 2. The minimum Gasteiger partial charge on any atom is -0.493 e. The molecule has 0 atom stereocenters. The maximum absolute atomic E-state index is 14.1. The fourth-order valence-electron chi connectivity index (χ4n) is 6.41. The van der Waals surface area contributed by atoms with E-state index < -0.39 is 0 Å². The number of aromatic nitrogens is 2. The molecule has 3 heterocycles. The van der Waals surface area contributed by atoms with Crippen molar-refractivity contribution >= 4 is 17.5 Å². The number of methoxy groups -OCH3 is 2. The molecule has 0 aliphatic carbocycles. The van der Waals surface area contributed by atoms with Crippen LogP contribution in [0.15, 0.2) is 64.4 Å². The molecule has 9 heteroatoms. The van der Waals surface area contributed by atoms with Crippen LogP contribution < -0.4 is 20.7 Å². The van der Waals surface area contributed by atoms with E-state index in [0.717, 1.165) is 39.2 Å². The summed E-state index contributed by atoms with van der Waals surface area (Å²) in [5.41, 5.74) is 8.12. The van der Waals surface area contributed by atoms with E-state index >= 15 is 0 Å². The monoisotopic (exact) mass is 592 g/mol. The van der Waals surface area contributed by atoms with Gasteiger partial charge in [0.15, 0.2) is 11.5 Å². The molecule has 0 radical (unpaired) electrons. The minimum atomic E-state index is -0.265. The third kappa shape index (κ3) is 5.02. The van der Waals surface area contributed by atoms with Crippen LogP contribution in [0, 0.1) is 20.8 Å². The van der Waals surface area contributed by atoms with Gasteiger partial charge in [-0.3, -0.25) is 23.6 Å². The van der Waals surface area contributed by atoms with Crippen LogP contribution in [0.2, 0.25) is 0 Å². The number of ether oxygens (including phenoxy) is 2. The summed E-state index contributed by atoms with van der Waals surface area (Å²) in [4.78, 5) is 46.2. The summed E-state index contributed by atoms with van der Waals surface area (Å²) in [7, 11) is 3.22. The number of rotatable bonds is 8. The molecule has 44 heavy (non-hydrogen) atoms. The lowest BCUT2D eigenvalue weighted by Crippen LogP contribution is -2.42. The quantitative estimate of drug-likeness (QED) is 0.209. The standard InChI is InChI=1S/C35H36N4O5/c1-21-16-22(2)32(23(3)17-21)36-31-20-28-27-19-30(44-5)29(43-4)18-24(27)12-15-37(28)35(42)38(31)13-8-9-14-39-33(40)25-10-6-7-11-26(25)34(39)41/h6-7,10-11,16-20H,8-9,12-15H2,1-5H3. The van der Waals surface area contributed by atoms with Crippen LogP contribution in [0.4, 0.5) is 5.69 Å². The Bertz CT molecular complexity index is 1890. The van der Waals surface area contributed by atoms with Crippen molar-refractivity contribution in [2.45, 2.75) is 53.1 Å². The molecule has 3 aromatic carbocycles. The van der Waals surface area contributed by atoms with Gasteiger partial charge in [-0.05, 0) is 81.0 Å². The highest BCUT2D eigenvalue weighted by Crippen LogP contribution is 2.37. The Balaban J connectivity index is 1.38. The molecule has 0 unspecified atom stereocenters. The molecule has 0 saturated heterocycles. The molecule has 0 bridgehead atoms. The number of hydrogen-bond acceptors (Lipinski definition) is 6. The maximum atomic E-state index is 14.1. The second kappa shape index (κ2) is 11.6. The van der Waals surface area contributed by atoms with Gasteiger partial charge in [-0.2, -0.15) is 0 Å². The second-order valence-electron chi connectivity index (χ2n) is 11.5. The zero-order valence-corrected chi connectivity index (χ0v) is 25.8. The van der Waals surface area contributed by atoms with E-state index in [-0.39, 0.29) is 24.0 Å². The predicted molar refractivity (Wildman–Crippen MR) is 168 cm³/mol. The van der Waals surface area contributed by atoms with E-state index in [1.165, 1.54) is 4.90 Å². The van der Waals surface area contributed by atoms with Gasteiger partial charge in [0.05, 0.1) is 36.7 Å². The van der Waals surface area contributed by atoms with E-state index in [1.54, 1.807) is 47.6 Å². The van der Waals surface area contributed by atoms with E-state index in [9.17, 15) is 14.4 Å². The first kappa shape index (κ1) is 29.2. The summed E-state index contributed by atoms with van der Waals surface area (Å²) < 4.78 is 14.6. The number of hydrogen-bond donors (Lipinski definition) is 0. The molecule has 2 aliphatic heterocycles.